The summed E-state index contributed by atoms with van der Waals surface area (Å²) in [5.41, 5.74) is 13.8. The number of rotatable bonds is 7. The van der Waals surface area contributed by atoms with Gasteiger partial charge in [0.1, 0.15) is 11.2 Å². The maximum absolute atomic E-state index is 6.43. The lowest BCUT2D eigenvalue weighted by molar-refractivity contribution is 0.672. The molecule has 4 nitrogen and oxygen atoms in total. The minimum atomic E-state index is 0.603. The number of hydrogen-bond donors (Lipinski definition) is 0. The summed E-state index contributed by atoms with van der Waals surface area (Å²) < 4.78 is 6.43. The molecule has 0 unspecified atom stereocenters. The molecule has 11 aromatic rings. The van der Waals surface area contributed by atoms with Gasteiger partial charge in [-0.3, -0.25) is 0 Å². The third-order valence-corrected chi connectivity index (χ3v) is 11.1. The van der Waals surface area contributed by atoms with Crippen molar-refractivity contribution in [3.63, 3.8) is 0 Å². The van der Waals surface area contributed by atoms with Crippen molar-refractivity contribution in [3.05, 3.63) is 212 Å². The van der Waals surface area contributed by atoms with Crippen LogP contribution in [0.15, 0.2) is 217 Å². The Labute approximate surface area is 341 Å². The normalized spacial score (nSPS) is 11.4. The van der Waals surface area contributed by atoms with Crippen molar-refractivity contribution in [2.75, 3.05) is 0 Å². The summed E-state index contributed by atoms with van der Waals surface area (Å²) in [6.45, 7) is 0. The fraction of sp³-hybridized carbons (Fsp3) is 0. The largest absolute Gasteiger partial charge is 0.455 e. The average molecular weight is 754 g/mol. The first-order valence-corrected chi connectivity index (χ1v) is 19.8. The predicted octanol–water partition coefficient (Wildman–Crippen LogP) is 14.6. The molecular weight excluding hydrogens is 719 g/mol. The lowest BCUT2D eigenvalue weighted by Gasteiger charge is -2.19. The summed E-state index contributed by atoms with van der Waals surface area (Å²) in [7, 11) is 0. The second-order valence-corrected chi connectivity index (χ2v) is 14.8. The maximum Gasteiger partial charge on any atom is 0.164 e. The van der Waals surface area contributed by atoms with E-state index in [1.54, 1.807) is 0 Å². The highest BCUT2D eigenvalue weighted by Gasteiger charge is 2.19. The van der Waals surface area contributed by atoms with Gasteiger partial charge in [-0.15, -0.1) is 0 Å². The van der Waals surface area contributed by atoms with Gasteiger partial charge < -0.3 is 4.42 Å². The highest BCUT2D eigenvalue weighted by atomic mass is 16.3. The molecule has 2 aromatic heterocycles. The summed E-state index contributed by atoms with van der Waals surface area (Å²) in [4.78, 5) is 15.2. The van der Waals surface area contributed by atoms with Crippen molar-refractivity contribution in [2.45, 2.75) is 0 Å². The van der Waals surface area contributed by atoms with E-state index in [0.717, 1.165) is 60.5 Å². The second kappa shape index (κ2) is 14.5. The Morgan fingerprint density at radius 3 is 1.37 bits per heavy atom. The molecule has 0 aliphatic rings. The van der Waals surface area contributed by atoms with Crippen LogP contribution in [0.2, 0.25) is 0 Å². The molecule has 11 rings (SSSR count). The molecule has 2 heterocycles. The van der Waals surface area contributed by atoms with Gasteiger partial charge in [0.2, 0.25) is 0 Å². The molecule has 0 N–H and O–H groups in total. The van der Waals surface area contributed by atoms with Crippen LogP contribution < -0.4 is 0 Å². The molecule has 0 radical (unpaired) electrons. The molecule has 0 saturated heterocycles. The Hall–Kier alpha value is -7.95. The minimum Gasteiger partial charge on any atom is -0.455 e. The molecule has 0 atom stereocenters. The Morgan fingerprint density at radius 1 is 0.288 bits per heavy atom. The molecule has 4 heteroatoms. The summed E-state index contributed by atoms with van der Waals surface area (Å²) in [5.74, 6) is 1.83. The van der Waals surface area contributed by atoms with E-state index in [-0.39, 0.29) is 0 Å². The number of hydrogen-bond acceptors (Lipinski definition) is 4. The molecule has 0 aliphatic carbocycles. The molecule has 59 heavy (non-hydrogen) atoms. The van der Waals surface area contributed by atoms with Crippen LogP contribution in [-0.4, -0.2) is 15.0 Å². The maximum atomic E-state index is 6.43. The fourth-order valence-electron chi connectivity index (χ4n) is 8.22. The van der Waals surface area contributed by atoms with E-state index in [9.17, 15) is 0 Å². The van der Waals surface area contributed by atoms with Gasteiger partial charge in [-0.2, -0.15) is 0 Å². The number of aromatic nitrogens is 3. The Kier molecular flexibility index (Phi) is 8.45. The lowest BCUT2D eigenvalue weighted by Crippen LogP contribution is -2.00. The van der Waals surface area contributed by atoms with Gasteiger partial charge in [0, 0.05) is 32.8 Å². The predicted molar refractivity (Wildman–Crippen MR) is 243 cm³/mol. The van der Waals surface area contributed by atoms with E-state index in [0.29, 0.717) is 17.5 Å². The smallest absolute Gasteiger partial charge is 0.164 e. The van der Waals surface area contributed by atoms with E-state index < -0.39 is 0 Å². The van der Waals surface area contributed by atoms with Crippen molar-refractivity contribution in [1.82, 2.24) is 15.0 Å². The second-order valence-electron chi connectivity index (χ2n) is 14.8. The zero-order valence-corrected chi connectivity index (χ0v) is 32.0. The van der Waals surface area contributed by atoms with Gasteiger partial charge >= 0.3 is 0 Å². The molecule has 0 bridgehead atoms. The van der Waals surface area contributed by atoms with Crippen LogP contribution >= 0.6 is 0 Å². The number of nitrogens with zero attached hydrogens (tertiary/aromatic N) is 3. The monoisotopic (exact) mass is 753 g/mol. The zero-order valence-electron chi connectivity index (χ0n) is 32.0. The van der Waals surface area contributed by atoms with Crippen molar-refractivity contribution in [2.24, 2.45) is 0 Å². The van der Waals surface area contributed by atoms with Crippen molar-refractivity contribution in [1.29, 1.82) is 0 Å². The van der Waals surface area contributed by atoms with Crippen LogP contribution in [0.5, 0.6) is 0 Å². The van der Waals surface area contributed by atoms with Crippen LogP contribution in [0.25, 0.3) is 111 Å². The lowest BCUT2D eigenvalue weighted by atomic mass is 9.84. The molecule has 9 aromatic carbocycles. The van der Waals surface area contributed by atoms with Crippen LogP contribution in [0.1, 0.15) is 0 Å². The van der Waals surface area contributed by atoms with Gasteiger partial charge in [0.25, 0.3) is 0 Å². The van der Waals surface area contributed by atoms with E-state index in [4.69, 9.17) is 19.4 Å². The van der Waals surface area contributed by atoms with Crippen LogP contribution in [0.4, 0.5) is 0 Å². The van der Waals surface area contributed by atoms with E-state index in [1.807, 2.05) is 42.5 Å². The third kappa shape index (κ3) is 6.34. The SMILES string of the molecule is c1ccc(-c2nc(-c3ccc(-c4cc(-c5ccccc5)c(-c5ccccc5)c(-c5ccccc5)c4)cc3)nc(-c3ccc4oc5c6ccccc6ccc5c4c3)n2)cc1. The minimum absolute atomic E-state index is 0.603. The van der Waals surface area contributed by atoms with Crippen molar-refractivity contribution >= 4 is 32.7 Å². The fourth-order valence-corrected chi connectivity index (χ4v) is 8.22. The molecule has 0 fully saturated rings. The number of fused-ring (bicyclic) bond motifs is 5. The summed E-state index contributed by atoms with van der Waals surface area (Å²) >= 11 is 0. The molecule has 276 valence electrons. The van der Waals surface area contributed by atoms with Gasteiger partial charge in [-0.1, -0.05) is 176 Å². The molecule has 0 aliphatic heterocycles. The van der Waals surface area contributed by atoms with Gasteiger partial charge in [-0.05, 0) is 86.3 Å². The molecule has 0 spiro atoms. The molecular formula is C55H35N3O. The molecule has 0 saturated carbocycles. The summed E-state index contributed by atoms with van der Waals surface area (Å²) in [6.07, 6.45) is 0. The highest BCUT2D eigenvalue weighted by molar-refractivity contribution is 6.15. The number of benzene rings is 9. The number of furan rings is 1. The quantitative estimate of drug-likeness (QED) is 0.163. The van der Waals surface area contributed by atoms with E-state index in [2.05, 4.69) is 170 Å². The summed E-state index contributed by atoms with van der Waals surface area (Å²) in [5, 5.41) is 4.34. The first-order chi connectivity index (χ1) is 29.2. The third-order valence-electron chi connectivity index (χ3n) is 11.1. The van der Waals surface area contributed by atoms with E-state index >= 15 is 0 Å². The van der Waals surface area contributed by atoms with Crippen LogP contribution in [-0.2, 0) is 0 Å². The van der Waals surface area contributed by atoms with Gasteiger partial charge in [0.15, 0.2) is 17.5 Å². The van der Waals surface area contributed by atoms with E-state index in [1.165, 1.54) is 33.4 Å². The Morgan fingerprint density at radius 2 is 0.763 bits per heavy atom. The Balaban J connectivity index is 1.04. The highest BCUT2D eigenvalue weighted by Crippen LogP contribution is 2.44. The summed E-state index contributed by atoms with van der Waals surface area (Å²) in [6, 6.07) is 74.2. The van der Waals surface area contributed by atoms with Crippen molar-refractivity contribution < 1.29 is 4.42 Å². The standard InChI is InChI=1S/C55H35N3O/c1-5-15-37(16-6-1)47-34-44(35-48(38-17-7-2-8-18-38)51(47)40-20-9-3-10-21-40)36-25-27-42(28-26-36)54-56-53(41-22-11-4-12-23-41)57-55(58-54)43-30-32-50-49(33-43)46-31-29-39-19-13-14-24-45(39)52(46)59-50/h1-35H. The van der Waals surface area contributed by atoms with Crippen molar-refractivity contribution in [3.8, 4) is 78.7 Å². The molecule has 0 amide bonds. The first-order valence-electron chi connectivity index (χ1n) is 19.8. The Bertz CT molecular complexity index is 3230. The van der Waals surface area contributed by atoms with Gasteiger partial charge in [0.05, 0.1) is 0 Å². The first kappa shape index (κ1) is 34.3. The van der Waals surface area contributed by atoms with Crippen LogP contribution in [0.3, 0.4) is 0 Å². The van der Waals surface area contributed by atoms with Gasteiger partial charge in [-0.25, -0.2) is 15.0 Å². The average Bonchev–Trinajstić information content (AvgIpc) is 3.71. The van der Waals surface area contributed by atoms with Crippen LogP contribution in [0, 0.1) is 0 Å². The zero-order chi connectivity index (χ0) is 39.1. The topological polar surface area (TPSA) is 51.8 Å².